The van der Waals surface area contributed by atoms with Gasteiger partial charge in [-0.1, -0.05) is 78.9 Å². The van der Waals surface area contributed by atoms with Crippen molar-refractivity contribution in [2.45, 2.75) is 12.6 Å². The third-order valence-electron chi connectivity index (χ3n) is 6.69. The van der Waals surface area contributed by atoms with Crippen molar-refractivity contribution in [2.75, 3.05) is 26.2 Å². The second-order valence-corrected chi connectivity index (χ2v) is 10.2. The van der Waals surface area contributed by atoms with E-state index in [-0.39, 0.29) is 12.0 Å². The number of thioether (sulfide) groups is 1. The number of ether oxygens (including phenoxy) is 1. The Balaban J connectivity index is 1.17. The van der Waals surface area contributed by atoms with Crippen LogP contribution < -0.4 is 4.74 Å². The highest BCUT2D eigenvalue weighted by Gasteiger charge is 2.30. The minimum atomic E-state index is -0.271. The van der Waals surface area contributed by atoms with Crippen molar-refractivity contribution in [1.82, 2.24) is 9.80 Å². The standard InChI is InChI=1S/C30H27N3O2S/c34-29-27(36-30(31-29)33-17-15-32(16-18-33)21-22-9-3-1-4-10-22)20-25-19-24-13-7-8-14-26(24)35-28(25)23-11-5-2-6-12-23/h1-14,19-20,28H,15-18,21H2. The van der Waals surface area contributed by atoms with Crippen molar-refractivity contribution in [3.8, 4) is 5.75 Å². The second-order valence-electron chi connectivity index (χ2n) is 9.15. The van der Waals surface area contributed by atoms with Crippen molar-refractivity contribution in [1.29, 1.82) is 0 Å². The Bertz CT molecular complexity index is 1340. The van der Waals surface area contributed by atoms with Gasteiger partial charge in [0.2, 0.25) is 0 Å². The molecule has 0 aromatic heterocycles. The molecule has 36 heavy (non-hydrogen) atoms. The van der Waals surface area contributed by atoms with Gasteiger partial charge in [-0.15, -0.1) is 0 Å². The predicted octanol–water partition coefficient (Wildman–Crippen LogP) is 5.53. The normalized spacial score (nSPS) is 21.1. The summed E-state index contributed by atoms with van der Waals surface area (Å²) in [6.45, 7) is 4.59. The molecule has 0 spiro atoms. The number of nitrogens with zero attached hydrogens (tertiary/aromatic N) is 3. The van der Waals surface area contributed by atoms with Crippen LogP contribution in [0, 0.1) is 0 Å². The van der Waals surface area contributed by atoms with Crippen LogP contribution in [0.3, 0.4) is 0 Å². The zero-order valence-corrected chi connectivity index (χ0v) is 20.7. The highest BCUT2D eigenvalue weighted by atomic mass is 32.2. The van der Waals surface area contributed by atoms with Gasteiger partial charge in [0.1, 0.15) is 11.9 Å². The van der Waals surface area contributed by atoms with Crippen LogP contribution in [0.15, 0.2) is 106 Å². The zero-order chi connectivity index (χ0) is 24.3. The molecule has 1 amide bonds. The summed E-state index contributed by atoms with van der Waals surface area (Å²) in [7, 11) is 0. The number of benzene rings is 3. The molecule has 0 saturated carbocycles. The van der Waals surface area contributed by atoms with E-state index in [0.717, 1.165) is 60.3 Å². The molecule has 3 heterocycles. The molecule has 3 aliphatic rings. The van der Waals surface area contributed by atoms with Gasteiger partial charge in [0.25, 0.3) is 5.91 Å². The third-order valence-corrected chi connectivity index (χ3v) is 7.73. The predicted molar refractivity (Wildman–Crippen MR) is 146 cm³/mol. The molecule has 0 radical (unpaired) electrons. The van der Waals surface area contributed by atoms with Crippen LogP contribution >= 0.6 is 11.8 Å². The minimum absolute atomic E-state index is 0.173. The van der Waals surface area contributed by atoms with Gasteiger partial charge in [0, 0.05) is 38.3 Å². The van der Waals surface area contributed by atoms with E-state index >= 15 is 0 Å². The van der Waals surface area contributed by atoms with Crippen LogP contribution in [0.5, 0.6) is 5.75 Å². The van der Waals surface area contributed by atoms with Crippen LogP contribution in [0.25, 0.3) is 6.08 Å². The summed E-state index contributed by atoms with van der Waals surface area (Å²) in [4.78, 5) is 22.7. The summed E-state index contributed by atoms with van der Waals surface area (Å²) in [5.41, 5.74) is 4.36. The van der Waals surface area contributed by atoms with Gasteiger partial charge >= 0.3 is 0 Å². The van der Waals surface area contributed by atoms with Crippen molar-refractivity contribution < 1.29 is 9.53 Å². The summed E-state index contributed by atoms with van der Waals surface area (Å²) in [5.74, 6) is 0.678. The molecule has 6 heteroatoms. The van der Waals surface area contributed by atoms with Crippen molar-refractivity contribution >= 4 is 28.9 Å². The van der Waals surface area contributed by atoms with Gasteiger partial charge in [-0.3, -0.25) is 9.69 Å². The Morgan fingerprint density at radius 1 is 0.889 bits per heavy atom. The van der Waals surface area contributed by atoms with E-state index in [4.69, 9.17) is 4.74 Å². The molecule has 0 N–H and O–H groups in total. The minimum Gasteiger partial charge on any atom is -0.480 e. The van der Waals surface area contributed by atoms with Crippen LogP contribution in [0.2, 0.25) is 0 Å². The molecule has 180 valence electrons. The Labute approximate surface area is 215 Å². The summed E-state index contributed by atoms with van der Waals surface area (Å²) >= 11 is 1.48. The Morgan fingerprint density at radius 2 is 1.58 bits per heavy atom. The van der Waals surface area contributed by atoms with Gasteiger partial charge < -0.3 is 9.64 Å². The number of carbonyl (C=O) groups excluding carboxylic acids is 1. The van der Waals surface area contributed by atoms with Crippen LogP contribution in [-0.4, -0.2) is 47.1 Å². The highest BCUT2D eigenvalue weighted by molar-refractivity contribution is 8.18. The summed E-state index contributed by atoms with van der Waals surface area (Å²) in [6, 6.07) is 28.7. The number of amides is 1. The first kappa shape index (κ1) is 22.8. The molecule has 3 aromatic carbocycles. The molecular weight excluding hydrogens is 466 g/mol. The molecule has 0 aliphatic carbocycles. The smallest absolute Gasteiger partial charge is 0.286 e. The average molecular weight is 494 g/mol. The molecule has 1 saturated heterocycles. The molecule has 0 bridgehead atoms. The van der Waals surface area contributed by atoms with Crippen LogP contribution in [-0.2, 0) is 11.3 Å². The number of piperazine rings is 1. The van der Waals surface area contributed by atoms with Gasteiger partial charge in [-0.25, -0.2) is 0 Å². The van der Waals surface area contributed by atoms with E-state index in [1.54, 1.807) is 0 Å². The van der Waals surface area contributed by atoms with Gasteiger partial charge in [-0.2, -0.15) is 4.99 Å². The second kappa shape index (κ2) is 10.2. The average Bonchev–Trinajstić information content (AvgIpc) is 3.29. The number of hydrogen-bond acceptors (Lipinski definition) is 5. The van der Waals surface area contributed by atoms with Gasteiger partial charge in [-0.05, 0) is 46.7 Å². The maximum atomic E-state index is 12.9. The van der Waals surface area contributed by atoms with Crippen molar-refractivity contribution in [3.05, 3.63) is 118 Å². The monoisotopic (exact) mass is 493 g/mol. The fourth-order valence-electron chi connectivity index (χ4n) is 4.79. The molecule has 3 aromatic rings. The number of para-hydroxylation sites is 1. The maximum absolute atomic E-state index is 12.9. The summed E-state index contributed by atoms with van der Waals surface area (Å²) in [6.07, 6.45) is 3.81. The van der Waals surface area contributed by atoms with E-state index in [0.29, 0.717) is 4.91 Å². The first-order valence-corrected chi connectivity index (χ1v) is 13.1. The molecule has 1 atom stereocenters. The topological polar surface area (TPSA) is 45.1 Å². The maximum Gasteiger partial charge on any atom is 0.286 e. The van der Waals surface area contributed by atoms with E-state index in [1.807, 2.05) is 48.5 Å². The number of aliphatic imine (C=N–C) groups is 1. The van der Waals surface area contributed by atoms with E-state index < -0.39 is 0 Å². The number of rotatable bonds is 4. The summed E-state index contributed by atoms with van der Waals surface area (Å²) in [5, 5.41) is 0.805. The van der Waals surface area contributed by atoms with Crippen molar-refractivity contribution in [3.63, 3.8) is 0 Å². The number of fused-ring (bicyclic) bond motifs is 1. The Hall–Kier alpha value is -3.61. The number of amidine groups is 1. The molecule has 1 unspecified atom stereocenters. The molecule has 1 fully saturated rings. The van der Waals surface area contributed by atoms with Crippen LogP contribution in [0.1, 0.15) is 22.8 Å². The molecular formula is C30H27N3O2S. The van der Waals surface area contributed by atoms with E-state index in [2.05, 4.69) is 63.3 Å². The fourth-order valence-corrected chi connectivity index (χ4v) is 5.75. The molecule has 6 rings (SSSR count). The van der Waals surface area contributed by atoms with E-state index in [9.17, 15) is 4.79 Å². The van der Waals surface area contributed by atoms with Crippen molar-refractivity contribution in [2.24, 2.45) is 4.99 Å². The van der Waals surface area contributed by atoms with E-state index in [1.165, 1.54) is 17.3 Å². The molecule has 3 aliphatic heterocycles. The number of hydrogen-bond donors (Lipinski definition) is 0. The first-order valence-electron chi connectivity index (χ1n) is 12.3. The summed E-state index contributed by atoms with van der Waals surface area (Å²) < 4.78 is 6.39. The quantitative estimate of drug-likeness (QED) is 0.447. The van der Waals surface area contributed by atoms with Gasteiger partial charge in [0.15, 0.2) is 5.17 Å². The van der Waals surface area contributed by atoms with Gasteiger partial charge in [0.05, 0.1) is 4.91 Å². The molecule has 5 nitrogen and oxygen atoms in total. The lowest BCUT2D eigenvalue weighted by Crippen LogP contribution is -2.47. The highest BCUT2D eigenvalue weighted by Crippen LogP contribution is 2.40. The lowest BCUT2D eigenvalue weighted by atomic mass is 9.95. The Kier molecular flexibility index (Phi) is 6.45. The SMILES string of the molecule is O=C1N=C(N2CCN(Cc3ccccc3)CC2)SC1=CC1=Cc2ccccc2OC1c1ccccc1. The fraction of sp³-hybridized carbons (Fsp3) is 0.200. The lowest BCUT2D eigenvalue weighted by molar-refractivity contribution is -0.113. The first-order chi connectivity index (χ1) is 17.7. The third kappa shape index (κ3) is 4.87. The largest absolute Gasteiger partial charge is 0.480 e. The Morgan fingerprint density at radius 3 is 2.36 bits per heavy atom. The lowest BCUT2D eigenvalue weighted by Gasteiger charge is -2.35. The number of carbonyl (C=O) groups is 1. The zero-order valence-electron chi connectivity index (χ0n) is 19.9. The van der Waals surface area contributed by atoms with Crippen LogP contribution in [0.4, 0.5) is 0 Å².